The van der Waals surface area contributed by atoms with E-state index in [0.717, 1.165) is 9.87 Å². The van der Waals surface area contributed by atoms with E-state index < -0.39 is 22.5 Å². The quantitative estimate of drug-likeness (QED) is 0.516. The Bertz CT molecular complexity index is 1300. The number of aryl methyl sites for hydroxylation is 1. The Morgan fingerprint density at radius 2 is 1.74 bits per heavy atom. The Morgan fingerprint density at radius 3 is 2.47 bits per heavy atom. The molecule has 1 aliphatic rings. The first-order chi connectivity index (χ1) is 16.3. The van der Waals surface area contributed by atoms with Gasteiger partial charge in [0.1, 0.15) is 19.8 Å². The summed E-state index contributed by atoms with van der Waals surface area (Å²) < 4.78 is 39.3. The van der Waals surface area contributed by atoms with Crippen molar-refractivity contribution in [2.24, 2.45) is 0 Å². The SMILES string of the molecule is Cc1ccc(Cl)cc1N(CC(=O)N[C@@H](C)c1ccc2c(c1)OCCO2)S(=O)(=O)c1ccccc1. The third-order valence-corrected chi connectivity index (χ3v) is 7.51. The van der Waals surface area contributed by atoms with Crippen molar-refractivity contribution in [3.63, 3.8) is 0 Å². The molecule has 34 heavy (non-hydrogen) atoms. The number of nitrogens with one attached hydrogen (secondary N) is 1. The zero-order valence-electron chi connectivity index (χ0n) is 18.8. The zero-order valence-corrected chi connectivity index (χ0v) is 20.4. The van der Waals surface area contributed by atoms with Crippen LogP contribution in [0.25, 0.3) is 0 Å². The number of carbonyl (C=O) groups excluding carboxylic acids is 1. The van der Waals surface area contributed by atoms with E-state index in [2.05, 4.69) is 5.32 Å². The summed E-state index contributed by atoms with van der Waals surface area (Å²) in [5, 5.41) is 3.26. The Labute approximate surface area is 204 Å². The third kappa shape index (κ3) is 5.13. The molecule has 0 aliphatic carbocycles. The van der Waals surface area contributed by atoms with Gasteiger partial charge in [-0.2, -0.15) is 0 Å². The molecule has 0 radical (unpaired) electrons. The summed E-state index contributed by atoms with van der Waals surface area (Å²) in [7, 11) is -4.02. The fraction of sp³-hybridized carbons (Fsp3) is 0.240. The molecule has 1 heterocycles. The molecular formula is C25H25ClN2O5S. The third-order valence-electron chi connectivity index (χ3n) is 5.50. The molecule has 0 saturated carbocycles. The standard InChI is InChI=1S/C25H25ClN2O5S/c1-17-8-10-20(26)15-22(17)28(34(30,31)21-6-4-3-5-7-21)16-25(29)27-18(2)19-9-11-23-24(14-19)33-13-12-32-23/h3-11,14-15,18H,12-13,16H2,1-2H3,(H,27,29)/t18-/m0/s1. The van der Waals surface area contributed by atoms with Gasteiger partial charge in [-0.1, -0.05) is 41.9 Å². The number of halogens is 1. The van der Waals surface area contributed by atoms with Gasteiger partial charge in [0.25, 0.3) is 10.0 Å². The minimum Gasteiger partial charge on any atom is -0.486 e. The summed E-state index contributed by atoms with van der Waals surface area (Å²) in [5.74, 6) is 0.819. The van der Waals surface area contributed by atoms with E-state index in [9.17, 15) is 13.2 Å². The Hall–Kier alpha value is -3.23. The summed E-state index contributed by atoms with van der Waals surface area (Å²) in [5.41, 5.74) is 1.84. The molecule has 4 rings (SSSR count). The van der Waals surface area contributed by atoms with Crippen molar-refractivity contribution in [3.8, 4) is 11.5 Å². The average Bonchev–Trinajstić information content (AvgIpc) is 2.84. The van der Waals surface area contributed by atoms with Gasteiger partial charge >= 0.3 is 0 Å². The van der Waals surface area contributed by atoms with E-state index >= 15 is 0 Å². The lowest BCUT2D eigenvalue weighted by Gasteiger charge is -2.27. The fourth-order valence-corrected chi connectivity index (χ4v) is 5.37. The number of rotatable bonds is 7. The molecule has 178 valence electrons. The molecule has 7 nitrogen and oxygen atoms in total. The maximum atomic E-state index is 13.5. The maximum Gasteiger partial charge on any atom is 0.264 e. The maximum absolute atomic E-state index is 13.5. The van der Waals surface area contributed by atoms with Gasteiger partial charge in [-0.15, -0.1) is 0 Å². The highest BCUT2D eigenvalue weighted by Crippen LogP contribution is 2.33. The minimum absolute atomic E-state index is 0.0852. The minimum atomic E-state index is -4.02. The molecule has 9 heteroatoms. The van der Waals surface area contributed by atoms with E-state index in [1.807, 2.05) is 19.1 Å². The van der Waals surface area contributed by atoms with E-state index in [-0.39, 0.29) is 10.9 Å². The predicted molar refractivity (Wildman–Crippen MR) is 131 cm³/mol. The van der Waals surface area contributed by atoms with Gasteiger partial charge in [-0.3, -0.25) is 9.10 Å². The van der Waals surface area contributed by atoms with Crippen molar-refractivity contribution in [3.05, 3.63) is 82.9 Å². The van der Waals surface area contributed by atoms with Gasteiger partial charge < -0.3 is 14.8 Å². The molecular weight excluding hydrogens is 476 g/mol. The molecule has 3 aromatic rings. The summed E-state index contributed by atoms with van der Waals surface area (Å²) in [6.45, 7) is 4.14. The van der Waals surface area contributed by atoms with Crippen molar-refractivity contribution < 1.29 is 22.7 Å². The van der Waals surface area contributed by atoms with Gasteiger partial charge in [-0.25, -0.2) is 8.42 Å². The number of nitrogens with zero attached hydrogens (tertiary/aromatic N) is 1. The number of amides is 1. The van der Waals surface area contributed by atoms with Crippen molar-refractivity contribution in [2.75, 3.05) is 24.1 Å². The lowest BCUT2D eigenvalue weighted by Crippen LogP contribution is -2.42. The van der Waals surface area contributed by atoms with E-state index in [0.29, 0.717) is 41.0 Å². The highest BCUT2D eigenvalue weighted by Gasteiger charge is 2.29. The summed E-state index contributed by atoms with van der Waals surface area (Å²) in [6.07, 6.45) is 0. The van der Waals surface area contributed by atoms with Crippen LogP contribution in [0.4, 0.5) is 5.69 Å². The summed E-state index contributed by atoms with van der Waals surface area (Å²) in [6, 6.07) is 18.0. The summed E-state index contributed by atoms with van der Waals surface area (Å²) in [4.78, 5) is 13.2. The molecule has 1 atom stereocenters. The predicted octanol–water partition coefficient (Wildman–Crippen LogP) is 4.49. The first kappa shape index (κ1) is 23.9. The van der Waals surface area contributed by atoms with Gasteiger partial charge in [0.05, 0.1) is 16.6 Å². The number of hydrogen-bond acceptors (Lipinski definition) is 5. The van der Waals surface area contributed by atoms with Gasteiger partial charge in [0, 0.05) is 5.02 Å². The van der Waals surface area contributed by atoms with E-state index in [4.69, 9.17) is 21.1 Å². The molecule has 0 spiro atoms. The molecule has 3 aromatic carbocycles. The van der Waals surface area contributed by atoms with Crippen LogP contribution >= 0.6 is 11.6 Å². The number of carbonyl (C=O) groups is 1. The molecule has 0 bridgehead atoms. The first-order valence-electron chi connectivity index (χ1n) is 10.8. The Kier molecular flexibility index (Phi) is 7.00. The van der Waals surface area contributed by atoms with Crippen molar-refractivity contribution in [1.82, 2.24) is 5.32 Å². The molecule has 0 saturated heterocycles. The highest BCUT2D eigenvalue weighted by molar-refractivity contribution is 7.92. The van der Waals surface area contributed by atoms with Gasteiger partial charge in [-0.05, 0) is 61.4 Å². The molecule has 1 N–H and O–H groups in total. The number of hydrogen-bond donors (Lipinski definition) is 1. The Balaban J connectivity index is 1.60. The fourth-order valence-electron chi connectivity index (χ4n) is 3.70. The second kappa shape index (κ2) is 9.95. The number of benzene rings is 3. The van der Waals surface area contributed by atoms with Crippen LogP contribution in [0.3, 0.4) is 0 Å². The van der Waals surface area contributed by atoms with Crippen LogP contribution in [0.15, 0.2) is 71.6 Å². The summed E-state index contributed by atoms with van der Waals surface area (Å²) >= 11 is 6.17. The van der Waals surface area contributed by atoms with Crippen LogP contribution < -0.4 is 19.1 Å². The van der Waals surface area contributed by atoms with Crippen LogP contribution in [0.1, 0.15) is 24.1 Å². The van der Waals surface area contributed by atoms with Crippen LogP contribution in [-0.2, 0) is 14.8 Å². The number of anilines is 1. The van der Waals surface area contributed by atoms with Crippen molar-refractivity contribution in [2.45, 2.75) is 24.8 Å². The van der Waals surface area contributed by atoms with Gasteiger partial charge in [0.15, 0.2) is 11.5 Å². The largest absolute Gasteiger partial charge is 0.486 e. The Morgan fingerprint density at radius 1 is 1.03 bits per heavy atom. The topological polar surface area (TPSA) is 84.9 Å². The van der Waals surface area contributed by atoms with Crippen LogP contribution in [0.2, 0.25) is 5.02 Å². The lowest BCUT2D eigenvalue weighted by molar-refractivity contribution is -0.120. The molecule has 1 amide bonds. The number of fused-ring (bicyclic) bond motifs is 1. The smallest absolute Gasteiger partial charge is 0.264 e. The molecule has 1 aliphatic heterocycles. The monoisotopic (exact) mass is 500 g/mol. The second-order valence-corrected chi connectivity index (χ2v) is 10.2. The van der Waals surface area contributed by atoms with Crippen LogP contribution in [0.5, 0.6) is 11.5 Å². The lowest BCUT2D eigenvalue weighted by atomic mass is 10.1. The average molecular weight is 501 g/mol. The van der Waals surface area contributed by atoms with Gasteiger partial charge in [0.2, 0.25) is 5.91 Å². The molecule has 0 fully saturated rings. The van der Waals surface area contributed by atoms with E-state index in [1.54, 1.807) is 49.4 Å². The zero-order chi connectivity index (χ0) is 24.3. The number of sulfonamides is 1. The van der Waals surface area contributed by atoms with Crippen molar-refractivity contribution in [1.29, 1.82) is 0 Å². The first-order valence-corrected chi connectivity index (χ1v) is 12.6. The molecule has 0 aromatic heterocycles. The normalized spacial score (nSPS) is 13.7. The number of ether oxygens (including phenoxy) is 2. The van der Waals surface area contributed by atoms with Crippen molar-refractivity contribution >= 4 is 33.2 Å². The molecule has 0 unspecified atom stereocenters. The van der Waals surface area contributed by atoms with Crippen LogP contribution in [0, 0.1) is 6.92 Å². The highest BCUT2D eigenvalue weighted by atomic mass is 35.5. The van der Waals surface area contributed by atoms with Crippen LogP contribution in [-0.4, -0.2) is 34.1 Å². The van der Waals surface area contributed by atoms with E-state index in [1.165, 1.54) is 12.1 Å². The second-order valence-electron chi connectivity index (χ2n) is 7.95.